The van der Waals surface area contributed by atoms with Crippen LogP contribution in [0.15, 0.2) is 18.2 Å². The van der Waals surface area contributed by atoms with Crippen LogP contribution in [-0.2, 0) is 0 Å². The molecule has 0 bridgehead atoms. The third-order valence-electron chi connectivity index (χ3n) is 2.41. The molecule has 1 rings (SSSR count). The van der Waals surface area contributed by atoms with Crippen LogP contribution in [0, 0.1) is 19.3 Å². The van der Waals surface area contributed by atoms with E-state index in [-0.39, 0.29) is 18.2 Å². The molecule has 1 N–H and O–H groups in total. The normalized spacial score (nSPS) is 9.56. The molecule has 1 aromatic rings. The van der Waals surface area contributed by atoms with Crippen LogP contribution >= 0.6 is 0 Å². The number of carbonyl (C=O) groups excluding carboxylic acids is 1. The van der Waals surface area contributed by atoms with E-state index in [9.17, 15) is 9.90 Å². The predicted octanol–water partition coefficient (Wildman–Crippen LogP) is 1.80. The molecule has 3 nitrogen and oxygen atoms in total. The zero-order valence-electron chi connectivity index (χ0n) is 9.53. The Balaban J connectivity index is 2.95. The van der Waals surface area contributed by atoms with E-state index >= 15 is 0 Å². The summed E-state index contributed by atoms with van der Waals surface area (Å²) in [5, 5.41) is 9.52. The van der Waals surface area contributed by atoms with Gasteiger partial charge in [-0.2, -0.15) is 0 Å². The SMILES string of the molecule is C#CCN(CC)C(=O)c1ccc(C)c(O)c1. The van der Waals surface area contributed by atoms with Crippen LogP contribution in [0.25, 0.3) is 0 Å². The first-order chi connectivity index (χ1) is 7.60. The van der Waals surface area contributed by atoms with Crippen molar-refractivity contribution in [3.05, 3.63) is 29.3 Å². The number of rotatable bonds is 3. The molecular weight excluding hydrogens is 202 g/mol. The fraction of sp³-hybridized carbons (Fsp3) is 0.308. The lowest BCUT2D eigenvalue weighted by molar-refractivity contribution is 0.0784. The van der Waals surface area contributed by atoms with Crippen molar-refractivity contribution in [2.75, 3.05) is 13.1 Å². The summed E-state index contributed by atoms with van der Waals surface area (Å²) in [7, 11) is 0. The van der Waals surface area contributed by atoms with Crippen LogP contribution < -0.4 is 0 Å². The van der Waals surface area contributed by atoms with Crippen molar-refractivity contribution in [3.63, 3.8) is 0 Å². The third-order valence-corrected chi connectivity index (χ3v) is 2.41. The standard InChI is InChI=1S/C13H15NO2/c1-4-8-14(5-2)13(16)11-7-6-10(3)12(15)9-11/h1,6-7,9,15H,5,8H2,2-3H3. The summed E-state index contributed by atoms with van der Waals surface area (Å²) >= 11 is 0. The van der Waals surface area contributed by atoms with E-state index in [1.54, 1.807) is 24.0 Å². The van der Waals surface area contributed by atoms with Gasteiger partial charge in [0.1, 0.15) is 5.75 Å². The van der Waals surface area contributed by atoms with E-state index in [0.717, 1.165) is 5.56 Å². The first kappa shape index (κ1) is 12.1. The van der Waals surface area contributed by atoms with E-state index < -0.39 is 0 Å². The zero-order valence-corrected chi connectivity index (χ0v) is 9.53. The minimum atomic E-state index is -0.157. The van der Waals surface area contributed by atoms with Gasteiger partial charge in [-0.3, -0.25) is 4.79 Å². The van der Waals surface area contributed by atoms with Gasteiger partial charge < -0.3 is 10.0 Å². The number of aryl methyl sites for hydroxylation is 1. The molecular formula is C13H15NO2. The number of phenols is 1. The quantitative estimate of drug-likeness (QED) is 0.784. The number of aromatic hydroxyl groups is 1. The van der Waals surface area contributed by atoms with Crippen LogP contribution in [-0.4, -0.2) is 29.0 Å². The highest BCUT2D eigenvalue weighted by molar-refractivity contribution is 5.94. The maximum atomic E-state index is 11.9. The third kappa shape index (κ3) is 2.54. The van der Waals surface area contributed by atoms with Crippen LogP contribution in [0.5, 0.6) is 5.75 Å². The number of benzene rings is 1. The lowest BCUT2D eigenvalue weighted by Crippen LogP contribution is -2.31. The number of hydrogen-bond acceptors (Lipinski definition) is 2. The second-order valence-electron chi connectivity index (χ2n) is 3.52. The molecule has 0 saturated carbocycles. The monoisotopic (exact) mass is 217 g/mol. The molecule has 0 radical (unpaired) electrons. The molecule has 0 aliphatic rings. The maximum Gasteiger partial charge on any atom is 0.254 e. The fourth-order valence-corrected chi connectivity index (χ4v) is 1.36. The van der Waals surface area contributed by atoms with Crippen LogP contribution in [0.1, 0.15) is 22.8 Å². The van der Waals surface area contributed by atoms with Gasteiger partial charge in [-0.05, 0) is 31.5 Å². The Bertz CT molecular complexity index is 432. The molecule has 0 saturated heterocycles. The minimum absolute atomic E-state index is 0.127. The second kappa shape index (κ2) is 5.22. The Kier molecular flexibility index (Phi) is 3.96. The molecule has 0 atom stereocenters. The lowest BCUT2D eigenvalue weighted by Gasteiger charge is -2.18. The average Bonchev–Trinajstić information content (AvgIpc) is 2.28. The fourth-order valence-electron chi connectivity index (χ4n) is 1.36. The Hall–Kier alpha value is -1.95. The zero-order chi connectivity index (χ0) is 12.1. The van der Waals surface area contributed by atoms with Crippen molar-refractivity contribution < 1.29 is 9.90 Å². The van der Waals surface area contributed by atoms with E-state index in [1.165, 1.54) is 6.07 Å². The summed E-state index contributed by atoms with van der Waals surface area (Å²) in [5.41, 5.74) is 1.21. The van der Waals surface area contributed by atoms with Crippen molar-refractivity contribution in [2.45, 2.75) is 13.8 Å². The highest BCUT2D eigenvalue weighted by atomic mass is 16.3. The smallest absolute Gasteiger partial charge is 0.254 e. The number of terminal acetylenes is 1. The molecule has 0 fully saturated rings. The van der Waals surface area contributed by atoms with Gasteiger partial charge in [-0.25, -0.2) is 0 Å². The van der Waals surface area contributed by atoms with Gasteiger partial charge in [0, 0.05) is 12.1 Å². The number of amides is 1. The topological polar surface area (TPSA) is 40.5 Å². The van der Waals surface area contributed by atoms with E-state index in [0.29, 0.717) is 12.1 Å². The molecule has 0 aliphatic heterocycles. The van der Waals surface area contributed by atoms with Gasteiger partial charge in [0.05, 0.1) is 6.54 Å². The summed E-state index contributed by atoms with van der Waals surface area (Å²) in [4.78, 5) is 13.5. The van der Waals surface area contributed by atoms with Crippen molar-refractivity contribution in [1.82, 2.24) is 4.90 Å². The van der Waals surface area contributed by atoms with Gasteiger partial charge in [0.15, 0.2) is 0 Å². The highest BCUT2D eigenvalue weighted by Crippen LogP contribution is 2.18. The molecule has 1 amide bonds. The van der Waals surface area contributed by atoms with Crippen molar-refractivity contribution in [2.24, 2.45) is 0 Å². The Morgan fingerprint density at radius 2 is 2.25 bits per heavy atom. The molecule has 0 aromatic heterocycles. The molecule has 0 unspecified atom stereocenters. The molecule has 0 spiro atoms. The molecule has 0 aliphatic carbocycles. The minimum Gasteiger partial charge on any atom is -0.508 e. The summed E-state index contributed by atoms with van der Waals surface area (Å²) < 4.78 is 0. The largest absolute Gasteiger partial charge is 0.508 e. The van der Waals surface area contributed by atoms with Gasteiger partial charge in [-0.1, -0.05) is 12.0 Å². The summed E-state index contributed by atoms with van der Waals surface area (Å²) in [6.45, 7) is 4.48. The maximum absolute atomic E-state index is 11.9. The average molecular weight is 217 g/mol. The van der Waals surface area contributed by atoms with E-state index in [4.69, 9.17) is 6.42 Å². The molecule has 3 heteroatoms. The first-order valence-electron chi connectivity index (χ1n) is 5.12. The molecule has 0 heterocycles. The van der Waals surface area contributed by atoms with Gasteiger partial charge in [0.2, 0.25) is 0 Å². The Labute approximate surface area is 95.7 Å². The number of carbonyl (C=O) groups is 1. The summed E-state index contributed by atoms with van der Waals surface area (Å²) in [6, 6.07) is 4.87. The molecule has 1 aromatic carbocycles. The lowest BCUT2D eigenvalue weighted by atomic mass is 10.1. The van der Waals surface area contributed by atoms with Crippen molar-refractivity contribution in [1.29, 1.82) is 0 Å². The molecule has 84 valence electrons. The van der Waals surface area contributed by atoms with Crippen molar-refractivity contribution >= 4 is 5.91 Å². The number of nitrogens with zero attached hydrogens (tertiary/aromatic N) is 1. The van der Waals surface area contributed by atoms with Crippen LogP contribution in [0.4, 0.5) is 0 Å². The van der Waals surface area contributed by atoms with Crippen LogP contribution in [0.2, 0.25) is 0 Å². The number of phenolic OH excluding ortho intramolecular Hbond substituents is 1. The number of hydrogen-bond donors (Lipinski definition) is 1. The van der Waals surface area contributed by atoms with Crippen LogP contribution in [0.3, 0.4) is 0 Å². The van der Waals surface area contributed by atoms with Gasteiger partial charge in [0.25, 0.3) is 5.91 Å². The Morgan fingerprint density at radius 3 is 2.75 bits per heavy atom. The predicted molar refractivity (Wildman–Crippen MR) is 63.3 cm³/mol. The highest BCUT2D eigenvalue weighted by Gasteiger charge is 2.13. The Morgan fingerprint density at radius 1 is 1.56 bits per heavy atom. The second-order valence-corrected chi connectivity index (χ2v) is 3.52. The van der Waals surface area contributed by atoms with Gasteiger partial charge >= 0.3 is 0 Å². The van der Waals surface area contributed by atoms with Gasteiger partial charge in [-0.15, -0.1) is 6.42 Å². The van der Waals surface area contributed by atoms with Crippen molar-refractivity contribution in [3.8, 4) is 18.1 Å². The molecule has 16 heavy (non-hydrogen) atoms. The summed E-state index contributed by atoms with van der Waals surface area (Å²) in [6.07, 6.45) is 5.18. The van der Waals surface area contributed by atoms with E-state index in [2.05, 4.69) is 5.92 Å². The summed E-state index contributed by atoms with van der Waals surface area (Å²) in [5.74, 6) is 2.41. The first-order valence-corrected chi connectivity index (χ1v) is 5.12. The van der Waals surface area contributed by atoms with E-state index in [1.807, 2.05) is 6.92 Å².